The van der Waals surface area contributed by atoms with E-state index in [1.165, 1.54) is 19.9 Å². The smallest absolute Gasteiger partial charge is 0.254 e. The van der Waals surface area contributed by atoms with Gasteiger partial charge in [-0.05, 0) is 37.1 Å². The van der Waals surface area contributed by atoms with E-state index in [1.54, 1.807) is 41.3 Å². The van der Waals surface area contributed by atoms with Gasteiger partial charge in [-0.2, -0.15) is 0 Å². The summed E-state index contributed by atoms with van der Waals surface area (Å²) in [5.74, 6) is -1.20. The van der Waals surface area contributed by atoms with Crippen LogP contribution in [0.25, 0.3) is 0 Å². The van der Waals surface area contributed by atoms with Crippen LogP contribution in [-0.2, 0) is 16.1 Å². The van der Waals surface area contributed by atoms with Gasteiger partial charge in [0.15, 0.2) is 0 Å². The fourth-order valence-electron chi connectivity index (χ4n) is 3.03. The number of nitrogens with zero attached hydrogens (tertiary/aromatic N) is 1. The van der Waals surface area contributed by atoms with Gasteiger partial charge >= 0.3 is 0 Å². The quantitative estimate of drug-likeness (QED) is 0.801. The number of hydrogen-bond acceptors (Lipinski definition) is 3. The molecule has 1 saturated carbocycles. The highest BCUT2D eigenvalue weighted by molar-refractivity contribution is 6.00. The van der Waals surface area contributed by atoms with E-state index >= 15 is 0 Å². The SMILES string of the molecule is CC(=O)Nc1cc(NC(C)=O)cc(C(=O)N(Cc2ccccc2F)C2CC2)c1. The lowest BCUT2D eigenvalue weighted by atomic mass is 10.1. The van der Waals surface area contributed by atoms with Crippen LogP contribution >= 0.6 is 0 Å². The zero-order chi connectivity index (χ0) is 20.3. The van der Waals surface area contributed by atoms with Crippen LogP contribution in [0.1, 0.15) is 42.6 Å². The number of amides is 3. The van der Waals surface area contributed by atoms with E-state index < -0.39 is 0 Å². The van der Waals surface area contributed by atoms with Gasteiger partial charge in [0.25, 0.3) is 5.91 Å². The third-order valence-electron chi connectivity index (χ3n) is 4.37. The Hall–Kier alpha value is -3.22. The van der Waals surface area contributed by atoms with Crippen LogP contribution in [0.3, 0.4) is 0 Å². The first-order chi connectivity index (χ1) is 13.3. The lowest BCUT2D eigenvalue weighted by molar-refractivity contribution is -0.115. The molecule has 0 aromatic heterocycles. The number of carbonyl (C=O) groups is 3. The summed E-state index contributed by atoms with van der Waals surface area (Å²) in [5.41, 5.74) is 1.58. The second-order valence-electron chi connectivity index (χ2n) is 6.92. The zero-order valence-corrected chi connectivity index (χ0v) is 15.8. The molecule has 0 heterocycles. The monoisotopic (exact) mass is 383 g/mol. The molecule has 0 atom stereocenters. The number of carbonyl (C=O) groups excluding carboxylic acids is 3. The average Bonchev–Trinajstić information content (AvgIpc) is 3.44. The first kappa shape index (κ1) is 19.5. The van der Waals surface area contributed by atoms with Crippen LogP contribution in [0, 0.1) is 5.82 Å². The second kappa shape index (κ2) is 8.21. The number of rotatable bonds is 6. The van der Waals surface area contributed by atoms with Crippen LogP contribution in [0.2, 0.25) is 0 Å². The van der Waals surface area contributed by atoms with Crippen molar-refractivity contribution in [1.82, 2.24) is 4.90 Å². The molecule has 1 aliphatic carbocycles. The summed E-state index contributed by atoms with van der Waals surface area (Å²) in [6, 6.07) is 11.1. The van der Waals surface area contributed by atoms with E-state index in [9.17, 15) is 18.8 Å². The van der Waals surface area contributed by atoms with Crippen molar-refractivity contribution in [2.75, 3.05) is 10.6 Å². The summed E-state index contributed by atoms with van der Waals surface area (Å²) < 4.78 is 14.1. The van der Waals surface area contributed by atoms with Crippen molar-refractivity contribution in [1.29, 1.82) is 0 Å². The molecule has 28 heavy (non-hydrogen) atoms. The fourth-order valence-corrected chi connectivity index (χ4v) is 3.03. The number of hydrogen-bond donors (Lipinski definition) is 2. The van der Waals surface area contributed by atoms with E-state index in [-0.39, 0.29) is 36.1 Å². The van der Waals surface area contributed by atoms with Gasteiger partial charge in [0.05, 0.1) is 0 Å². The van der Waals surface area contributed by atoms with Gasteiger partial charge in [-0.1, -0.05) is 18.2 Å². The lowest BCUT2D eigenvalue weighted by Crippen LogP contribution is -2.33. The van der Waals surface area contributed by atoms with Crippen LogP contribution in [0.4, 0.5) is 15.8 Å². The zero-order valence-electron chi connectivity index (χ0n) is 15.8. The third kappa shape index (κ3) is 4.94. The van der Waals surface area contributed by atoms with E-state index in [1.807, 2.05) is 0 Å². The van der Waals surface area contributed by atoms with Crippen LogP contribution in [0.15, 0.2) is 42.5 Å². The Morgan fingerprint density at radius 2 is 1.57 bits per heavy atom. The molecular weight excluding hydrogens is 361 g/mol. The highest BCUT2D eigenvalue weighted by atomic mass is 19.1. The Morgan fingerprint density at radius 3 is 2.07 bits per heavy atom. The molecule has 2 N–H and O–H groups in total. The molecule has 1 fully saturated rings. The number of benzene rings is 2. The summed E-state index contributed by atoms with van der Waals surface area (Å²) in [7, 11) is 0. The molecule has 3 rings (SSSR count). The average molecular weight is 383 g/mol. The number of halogens is 1. The predicted octanol–water partition coefficient (Wildman–Crippen LogP) is 3.55. The van der Waals surface area contributed by atoms with E-state index in [2.05, 4.69) is 10.6 Å². The largest absolute Gasteiger partial charge is 0.331 e. The van der Waals surface area contributed by atoms with Gasteiger partial charge in [0, 0.05) is 48.9 Å². The molecule has 0 unspecified atom stereocenters. The van der Waals surface area contributed by atoms with Crippen molar-refractivity contribution in [3.8, 4) is 0 Å². The normalized spacial score (nSPS) is 13.0. The van der Waals surface area contributed by atoms with Crippen molar-refractivity contribution >= 4 is 29.1 Å². The summed E-state index contributed by atoms with van der Waals surface area (Å²) in [5, 5.41) is 5.27. The van der Waals surface area contributed by atoms with Gasteiger partial charge in [-0.3, -0.25) is 14.4 Å². The highest BCUT2D eigenvalue weighted by Gasteiger charge is 2.33. The second-order valence-corrected chi connectivity index (χ2v) is 6.92. The van der Waals surface area contributed by atoms with Crippen LogP contribution < -0.4 is 10.6 Å². The Labute approximate surface area is 162 Å². The molecule has 6 nitrogen and oxygen atoms in total. The van der Waals surface area contributed by atoms with Crippen molar-refractivity contribution in [3.63, 3.8) is 0 Å². The Morgan fingerprint density at radius 1 is 1.00 bits per heavy atom. The molecule has 2 aromatic carbocycles. The maximum absolute atomic E-state index is 14.1. The third-order valence-corrected chi connectivity index (χ3v) is 4.37. The Balaban J connectivity index is 1.92. The van der Waals surface area contributed by atoms with Gasteiger partial charge in [0.1, 0.15) is 5.82 Å². The topological polar surface area (TPSA) is 78.5 Å². The molecule has 0 bridgehead atoms. The Bertz CT molecular complexity index is 891. The molecular formula is C21H22FN3O3. The fraction of sp³-hybridized carbons (Fsp3) is 0.286. The predicted molar refractivity (Wildman–Crippen MR) is 104 cm³/mol. The van der Waals surface area contributed by atoms with Crippen molar-refractivity contribution in [2.24, 2.45) is 0 Å². The molecule has 0 saturated heterocycles. The number of anilines is 2. The number of nitrogens with one attached hydrogen (secondary N) is 2. The van der Waals surface area contributed by atoms with E-state index in [0.717, 1.165) is 12.8 Å². The summed E-state index contributed by atoms with van der Waals surface area (Å²) in [4.78, 5) is 37.7. The van der Waals surface area contributed by atoms with Gasteiger partial charge in [0.2, 0.25) is 11.8 Å². The van der Waals surface area contributed by atoms with Crippen molar-refractivity contribution in [3.05, 3.63) is 59.4 Å². The van der Waals surface area contributed by atoms with Gasteiger partial charge in [-0.25, -0.2) is 4.39 Å². The summed E-state index contributed by atoms with van der Waals surface area (Å²) >= 11 is 0. The van der Waals surface area contributed by atoms with Crippen LogP contribution in [0.5, 0.6) is 0 Å². The van der Waals surface area contributed by atoms with Crippen molar-refractivity contribution in [2.45, 2.75) is 39.3 Å². The minimum Gasteiger partial charge on any atom is -0.331 e. The first-order valence-electron chi connectivity index (χ1n) is 9.08. The van der Waals surface area contributed by atoms with E-state index in [4.69, 9.17) is 0 Å². The minimum atomic E-state index is -0.355. The molecule has 3 amide bonds. The molecule has 2 aromatic rings. The lowest BCUT2D eigenvalue weighted by Gasteiger charge is -2.23. The Kier molecular flexibility index (Phi) is 5.73. The maximum Gasteiger partial charge on any atom is 0.254 e. The first-order valence-corrected chi connectivity index (χ1v) is 9.08. The molecule has 1 aliphatic rings. The minimum absolute atomic E-state index is 0.0562. The molecule has 0 radical (unpaired) electrons. The standard InChI is InChI=1S/C21H22FN3O3/c1-13(26)23-17-9-16(10-18(11-17)24-14(2)27)21(28)25(19-7-8-19)12-15-5-3-4-6-20(15)22/h3-6,9-11,19H,7-8,12H2,1-2H3,(H,23,26)(H,24,27). The summed E-state index contributed by atoms with van der Waals surface area (Å²) in [6.45, 7) is 2.89. The van der Waals surface area contributed by atoms with Crippen LogP contribution in [-0.4, -0.2) is 28.7 Å². The van der Waals surface area contributed by atoms with Gasteiger partial charge < -0.3 is 15.5 Å². The molecule has 146 valence electrons. The van der Waals surface area contributed by atoms with Crippen molar-refractivity contribution < 1.29 is 18.8 Å². The molecule has 0 spiro atoms. The maximum atomic E-state index is 14.1. The summed E-state index contributed by atoms with van der Waals surface area (Å²) in [6.07, 6.45) is 1.73. The van der Waals surface area contributed by atoms with Gasteiger partial charge in [-0.15, -0.1) is 0 Å². The van der Waals surface area contributed by atoms with E-state index in [0.29, 0.717) is 22.5 Å². The highest BCUT2D eigenvalue weighted by Crippen LogP contribution is 2.31. The molecule has 7 heteroatoms. The molecule has 0 aliphatic heterocycles.